The van der Waals surface area contributed by atoms with Crippen molar-refractivity contribution in [3.63, 3.8) is 0 Å². The zero-order chi connectivity index (χ0) is 13.3. The van der Waals surface area contributed by atoms with Crippen molar-refractivity contribution in [1.29, 1.82) is 0 Å². The minimum Gasteiger partial charge on any atom is -0.384 e. The van der Waals surface area contributed by atoms with E-state index < -0.39 is 5.60 Å². The second kappa shape index (κ2) is 4.82. The molecule has 3 rings (SSSR count). The molecule has 0 saturated heterocycles. The molecule has 0 radical (unpaired) electrons. The van der Waals surface area contributed by atoms with Gasteiger partial charge in [0.2, 0.25) is 0 Å². The number of nitrogens with zero attached hydrogens (tertiary/aromatic N) is 2. The lowest BCUT2D eigenvalue weighted by Gasteiger charge is -2.33. The van der Waals surface area contributed by atoms with Crippen molar-refractivity contribution in [1.82, 2.24) is 9.78 Å². The number of aliphatic hydroxyl groups is 1. The standard InChI is InChI=1S/C16H20N2O/c1-16(19,12-13-6-5-7-13)15-10-11-17-18(15)14-8-3-2-4-9-14/h2-4,8-11,13,19H,5-7,12H2,1H3. The molecule has 0 spiro atoms. The highest BCUT2D eigenvalue weighted by molar-refractivity contribution is 5.33. The third kappa shape index (κ3) is 2.43. The quantitative estimate of drug-likeness (QED) is 0.911. The maximum absolute atomic E-state index is 10.8. The Hall–Kier alpha value is -1.61. The number of aromatic nitrogens is 2. The minimum atomic E-state index is -0.808. The second-order valence-corrected chi connectivity index (χ2v) is 5.74. The lowest BCUT2D eigenvalue weighted by molar-refractivity contribution is 0.0102. The van der Waals surface area contributed by atoms with Crippen LogP contribution in [0, 0.1) is 5.92 Å². The van der Waals surface area contributed by atoms with Gasteiger partial charge in [-0.3, -0.25) is 0 Å². The fourth-order valence-electron chi connectivity index (χ4n) is 2.85. The summed E-state index contributed by atoms with van der Waals surface area (Å²) in [6.45, 7) is 1.90. The Labute approximate surface area is 113 Å². The minimum absolute atomic E-state index is 0.661. The molecule has 1 N–H and O–H groups in total. The van der Waals surface area contributed by atoms with Crippen LogP contribution in [0.15, 0.2) is 42.6 Å². The van der Waals surface area contributed by atoms with Crippen LogP contribution < -0.4 is 0 Å². The van der Waals surface area contributed by atoms with Gasteiger partial charge < -0.3 is 5.11 Å². The highest BCUT2D eigenvalue weighted by Gasteiger charge is 2.33. The molecule has 1 saturated carbocycles. The van der Waals surface area contributed by atoms with Crippen LogP contribution in [0.1, 0.15) is 38.3 Å². The van der Waals surface area contributed by atoms with E-state index in [0.717, 1.165) is 17.8 Å². The largest absolute Gasteiger partial charge is 0.384 e. The summed E-state index contributed by atoms with van der Waals surface area (Å²) < 4.78 is 1.85. The average Bonchev–Trinajstić information content (AvgIpc) is 2.85. The third-order valence-corrected chi connectivity index (χ3v) is 4.11. The molecule has 1 unspecified atom stereocenters. The molecule has 1 aliphatic rings. The maximum atomic E-state index is 10.8. The predicted molar refractivity (Wildman–Crippen MR) is 75.1 cm³/mol. The summed E-state index contributed by atoms with van der Waals surface area (Å²) >= 11 is 0. The van der Waals surface area contributed by atoms with E-state index >= 15 is 0 Å². The van der Waals surface area contributed by atoms with Crippen LogP contribution in [0.5, 0.6) is 0 Å². The molecule has 1 aromatic heterocycles. The van der Waals surface area contributed by atoms with Crippen molar-refractivity contribution in [3.05, 3.63) is 48.3 Å². The van der Waals surface area contributed by atoms with Crippen molar-refractivity contribution < 1.29 is 5.11 Å². The van der Waals surface area contributed by atoms with E-state index in [1.165, 1.54) is 19.3 Å². The summed E-state index contributed by atoms with van der Waals surface area (Å²) in [6, 6.07) is 11.9. The van der Waals surface area contributed by atoms with E-state index in [4.69, 9.17) is 0 Å². The predicted octanol–water partition coefficient (Wildman–Crippen LogP) is 3.27. The number of para-hydroxylation sites is 1. The van der Waals surface area contributed by atoms with E-state index in [1.807, 2.05) is 48.0 Å². The first kappa shape index (κ1) is 12.4. The van der Waals surface area contributed by atoms with Crippen molar-refractivity contribution >= 4 is 0 Å². The molecule has 1 heterocycles. The Balaban J connectivity index is 1.90. The van der Waals surface area contributed by atoms with Crippen molar-refractivity contribution in [2.45, 2.75) is 38.2 Å². The molecule has 3 nitrogen and oxygen atoms in total. The molecule has 1 fully saturated rings. The smallest absolute Gasteiger partial charge is 0.104 e. The number of rotatable bonds is 4. The molecule has 19 heavy (non-hydrogen) atoms. The van der Waals surface area contributed by atoms with Crippen LogP contribution in [0.3, 0.4) is 0 Å². The fourth-order valence-corrected chi connectivity index (χ4v) is 2.85. The van der Waals surface area contributed by atoms with Gasteiger partial charge in [-0.15, -0.1) is 0 Å². The molecule has 1 atom stereocenters. The van der Waals surface area contributed by atoms with Gasteiger partial charge in [-0.2, -0.15) is 5.10 Å². The third-order valence-electron chi connectivity index (χ3n) is 4.11. The molecule has 1 aliphatic carbocycles. The Bertz CT molecular complexity index is 541. The van der Waals surface area contributed by atoms with Crippen LogP contribution in [-0.4, -0.2) is 14.9 Å². The van der Waals surface area contributed by atoms with Gasteiger partial charge in [0.1, 0.15) is 5.60 Å². The molecule has 0 bridgehead atoms. The number of benzene rings is 1. The Morgan fingerprint density at radius 3 is 2.63 bits per heavy atom. The van der Waals surface area contributed by atoms with E-state index in [1.54, 1.807) is 6.20 Å². The number of hydrogen-bond acceptors (Lipinski definition) is 2. The van der Waals surface area contributed by atoms with Gasteiger partial charge in [-0.25, -0.2) is 4.68 Å². The molecule has 2 aromatic rings. The van der Waals surface area contributed by atoms with Gasteiger partial charge in [-0.05, 0) is 37.5 Å². The molecule has 0 aliphatic heterocycles. The van der Waals surface area contributed by atoms with E-state index in [0.29, 0.717) is 5.92 Å². The highest BCUT2D eigenvalue weighted by atomic mass is 16.3. The van der Waals surface area contributed by atoms with Gasteiger partial charge in [-0.1, -0.05) is 37.5 Å². The maximum Gasteiger partial charge on any atom is 0.104 e. The van der Waals surface area contributed by atoms with Crippen LogP contribution in [0.4, 0.5) is 0 Å². The molecular formula is C16H20N2O. The van der Waals surface area contributed by atoms with Crippen molar-refractivity contribution in [3.8, 4) is 5.69 Å². The van der Waals surface area contributed by atoms with E-state index in [2.05, 4.69) is 5.10 Å². The summed E-state index contributed by atoms with van der Waals surface area (Å²) in [4.78, 5) is 0. The first-order valence-electron chi connectivity index (χ1n) is 6.99. The first-order valence-corrected chi connectivity index (χ1v) is 6.99. The van der Waals surface area contributed by atoms with Gasteiger partial charge >= 0.3 is 0 Å². The Kier molecular flexibility index (Phi) is 3.15. The van der Waals surface area contributed by atoms with Gasteiger partial charge in [0.15, 0.2) is 0 Å². The zero-order valence-corrected chi connectivity index (χ0v) is 11.3. The SMILES string of the molecule is CC(O)(CC1CCC1)c1ccnn1-c1ccccc1. The molecule has 100 valence electrons. The van der Waals surface area contributed by atoms with Gasteiger partial charge in [0, 0.05) is 6.20 Å². The summed E-state index contributed by atoms with van der Waals surface area (Å²) in [7, 11) is 0. The first-order chi connectivity index (χ1) is 9.17. The summed E-state index contributed by atoms with van der Waals surface area (Å²) in [5.41, 5.74) is 1.07. The Morgan fingerprint density at radius 1 is 1.26 bits per heavy atom. The monoisotopic (exact) mass is 256 g/mol. The zero-order valence-electron chi connectivity index (χ0n) is 11.3. The Morgan fingerprint density at radius 2 is 2.00 bits per heavy atom. The van der Waals surface area contributed by atoms with Crippen LogP contribution in [-0.2, 0) is 5.60 Å². The van der Waals surface area contributed by atoms with E-state index in [9.17, 15) is 5.11 Å². The lowest BCUT2D eigenvalue weighted by Crippen LogP contribution is -2.30. The molecular weight excluding hydrogens is 236 g/mol. The van der Waals surface area contributed by atoms with Crippen LogP contribution in [0.2, 0.25) is 0 Å². The lowest BCUT2D eigenvalue weighted by atomic mass is 9.77. The van der Waals surface area contributed by atoms with Crippen molar-refractivity contribution in [2.75, 3.05) is 0 Å². The van der Waals surface area contributed by atoms with Crippen LogP contribution >= 0.6 is 0 Å². The summed E-state index contributed by atoms with van der Waals surface area (Å²) in [5.74, 6) is 0.661. The molecule has 0 amide bonds. The number of hydrogen-bond donors (Lipinski definition) is 1. The van der Waals surface area contributed by atoms with Crippen LogP contribution in [0.25, 0.3) is 5.69 Å². The molecule has 1 aromatic carbocycles. The average molecular weight is 256 g/mol. The highest BCUT2D eigenvalue weighted by Crippen LogP contribution is 2.38. The normalized spacial score (nSPS) is 18.8. The topological polar surface area (TPSA) is 38.1 Å². The van der Waals surface area contributed by atoms with E-state index in [-0.39, 0.29) is 0 Å². The second-order valence-electron chi connectivity index (χ2n) is 5.74. The van der Waals surface area contributed by atoms with Crippen molar-refractivity contribution in [2.24, 2.45) is 5.92 Å². The summed E-state index contributed by atoms with van der Waals surface area (Å²) in [6.07, 6.45) is 6.38. The fraction of sp³-hybridized carbons (Fsp3) is 0.438. The van der Waals surface area contributed by atoms with Gasteiger partial charge in [0.25, 0.3) is 0 Å². The van der Waals surface area contributed by atoms with Gasteiger partial charge in [0.05, 0.1) is 11.4 Å². The molecule has 3 heteroatoms. The summed E-state index contributed by atoms with van der Waals surface area (Å²) in [5, 5.41) is 15.2.